The maximum absolute atomic E-state index is 6.52. The molecule has 2 nitrogen and oxygen atoms in total. The Morgan fingerprint density at radius 2 is 0.956 bits per heavy atom. The molecule has 2 heterocycles. The summed E-state index contributed by atoms with van der Waals surface area (Å²) in [5.41, 5.74) is 9.96. The summed E-state index contributed by atoms with van der Waals surface area (Å²) in [6.07, 6.45) is 0. The van der Waals surface area contributed by atoms with Gasteiger partial charge in [-0.25, -0.2) is 0 Å². The first-order valence-corrected chi connectivity index (χ1v) is 16.0. The molecule has 0 saturated heterocycles. The number of furan rings is 1. The van der Waals surface area contributed by atoms with Crippen LogP contribution in [0.1, 0.15) is 0 Å². The van der Waals surface area contributed by atoms with Crippen molar-refractivity contribution < 1.29 is 4.42 Å². The summed E-state index contributed by atoms with van der Waals surface area (Å²) in [6, 6.07) is 58.3. The summed E-state index contributed by atoms with van der Waals surface area (Å²) >= 11 is 1.85. The molecule has 2 aromatic heterocycles. The van der Waals surface area contributed by atoms with Crippen molar-refractivity contribution in [2.75, 3.05) is 4.90 Å². The van der Waals surface area contributed by atoms with Gasteiger partial charge in [0.1, 0.15) is 11.2 Å². The molecule has 0 N–H and O–H groups in total. The van der Waals surface area contributed by atoms with Crippen LogP contribution in [0.15, 0.2) is 168 Å². The highest BCUT2D eigenvalue weighted by Crippen LogP contribution is 2.50. The molecule has 0 aliphatic carbocycles. The minimum atomic E-state index is 0.904. The Morgan fingerprint density at radius 1 is 0.422 bits per heavy atom. The molecule has 9 rings (SSSR count). The Balaban J connectivity index is 1.23. The zero-order valence-electron chi connectivity index (χ0n) is 24.4. The third-order valence-electron chi connectivity index (χ3n) is 8.68. The van der Waals surface area contributed by atoms with E-state index in [1.807, 2.05) is 17.4 Å². The van der Waals surface area contributed by atoms with Crippen LogP contribution in [0.4, 0.5) is 17.1 Å². The Hall–Kier alpha value is -5.64. The number of hydrogen-bond acceptors (Lipinski definition) is 3. The second kappa shape index (κ2) is 10.5. The third-order valence-corrected chi connectivity index (χ3v) is 9.86. The van der Waals surface area contributed by atoms with Crippen molar-refractivity contribution in [2.45, 2.75) is 0 Å². The van der Waals surface area contributed by atoms with Crippen molar-refractivity contribution in [2.24, 2.45) is 0 Å². The van der Waals surface area contributed by atoms with Gasteiger partial charge >= 0.3 is 0 Å². The van der Waals surface area contributed by atoms with E-state index >= 15 is 0 Å². The monoisotopic (exact) mass is 593 g/mol. The molecule has 0 aliphatic heterocycles. The summed E-state index contributed by atoms with van der Waals surface area (Å²) in [5.74, 6) is 0. The second-order valence-electron chi connectivity index (χ2n) is 11.3. The Kier molecular flexibility index (Phi) is 6.03. The lowest BCUT2D eigenvalue weighted by Crippen LogP contribution is -2.10. The summed E-state index contributed by atoms with van der Waals surface area (Å²) in [4.78, 5) is 2.37. The van der Waals surface area contributed by atoms with E-state index in [9.17, 15) is 0 Å². The molecule has 0 aliphatic rings. The number of anilines is 3. The fraction of sp³-hybridized carbons (Fsp3) is 0. The second-order valence-corrected chi connectivity index (χ2v) is 12.4. The van der Waals surface area contributed by atoms with E-state index in [1.165, 1.54) is 47.8 Å². The number of para-hydroxylation sites is 2. The number of fused-ring (bicyclic) bond motifs is 7. The first kappa shape index (κ1) is 25.8. The summed E-state index contributed by atoms with van der Waals surface area (Å²) in [7, 11) is 0. The zero-order valence-corrected chi connectivity index (χ0v) is 25.2. The van der Waals surface area contributed by atoms with E-state index in [1.54, 1.807) is 0 Å². The molecule has 0 amide bonds. The first-order chi connectivity index (χ1) is 22.3. The maximum Gasteiger partial charge on any atom is 0.138 e. The third kappa shape index (κ3) is 4.32. The lowest BCUT2D eigenvalue weighted by molar-refractivity contribution is 0.669. The first-order valence-electron chi connectivity index (χ1n) is 15.2. The summed E-state index contributed by atoms with van der Waals surface area (Å²) in [5, 5.41) is 4.85. The molecule has 45 heavy (non-hydrogen) atoms. The highest BCUT2D eigenvalue weighted by Gasteiger charge is 2.23. The molecular weight excluding hydrogens is 567 g/mol. The average Bonchev–Trinajstić information content (AvgIpc) is 3.68. The molecule has 0 radical (unpaired) electrons. The van der Waals surface area contributed by atoms with Crippen molar-refractivity contribution >= 4 is 70.5 Å². The molecule has 0 unspecified atom stereocenters. The van der Waals surface area contributed by atoms with E-state index in [2.05, 4.69) is 163 Å². The van der Waals surface area contributed by atoms with Crippen LogP contribution >= 0.6 is 11.3 Å². The predicted octanol–water partition coefficient (Wildman–Crippen LogP) is 12.8. The smallest absolute Gasteiger partial charge is 0.138 e. The van der Waals surface area contributed by atoms with Crippen molar-refractivity contribution in [3.63, 3.8) is 0 Å². The number of benzene rings is 7. The fourth-order valence-electron chi connectivity index (χ4n) is 6.54. The van der Waals surface area contributed by atoms with Crippen LogP contribution in [-0.2, 0) is 0 Å². The van der Waals surface area contributed by atoms with Crippen LogP contribution in [-0.4, -0.2) is 0 Å². The predicted molar refractivity (Wildman–Crippen MR) is 192 cm³/mol. The fourth-order valence-corrected chi connectivity index (χ4v) is 7.82. The van der Waals surface area contributed by atoms with Crippen molar-refractivity contribution in [1.29, 1.82) is 0 Å². The number of thiophene rings is 1. The van der Waals surface area contributed by atoms with Crippen LogP contribution in [0.3, 0.4) is 0 Å². The zero-order chi connectivity index (χ0) is 29.7. The van der Waals surface area contributed by atoms with Crippen molar-refractivity contribution in [3.8, 4) is 22.3 Å². The summed E-state index contributed by atoms with van der Waals surface area (Å²) < 4.78 is 9.04. The molecule has 9 aromatic rings. The Labute approximate surface area is 265 Å². The van der Waals surface area contributed by atoms with E-state index < -0.39 is 0 Å². The van der Waals surface area contributed by atoms with Gasteiger partial charge in [-0.3, -0.25) is 0 Å². The van der Waals surface area contributed by atoms with Gasteiger partial charge in [-0.1, -0.05) is 121 Å². The van der Waals surface area contributed by atoms with Crippen molar-refractivity contribution in [3.05, 3.63) is 164 Å². The maximum atomic E-state index is 6.52. The lowest BCUT2D eigenvalue weighted by Gasteiger charge is -2.26. The van der Waals surface area contributed by atoms with Gasteiger partial charge in [0.15, 0.2) is 0 Å². The van der Waals surface area contributed by atoms with Gasteiger partial charge < -0.3 is 9.32 Å². The normalized spacial score (nSPS) is 11.6. The highest BCUT2D eigenvalue weighted by atomic mass is 32.1. The Morgan fingerprint density at radius 3 is 1.67 bits per heavy atom. The molecule has 0 atom stereocenters. The molecule has 0 bridgehead atoms. The molecule has 0 spiro atoms. The quantitative estimate of drug-likeness (QED) is 0.197. The summed E-state index contributed by atoms with van der Waals surface area (Å²) in [6.45, 7) is 0. The van der Waals surface area contributed by atoms with Gasteiger partial charge in [0.05, 0.1) is 5.69 Å². The van der Waals surface area contributed by atoms with Gasteiger partial charge in [0.25, 0.3) is 0 Å². The minimum Gasteiger partial charge on any atom is -0.456 e. The van der Waals surface area contributed by atoms with Gasteiger partial charge in [-0.05, 0) is 58.7 Å². The van der Waals surface area contributed by atoms with Gasteiger partial charge in [0, 0.05) is 48.4 Å². The lowest BCUT2D eigenvalue weighted by atomic mass is 10.00. The Bertz CT molecular complexity index is 2460. The van der Waals surface area contributed by atoms with Crippen molar-refractivity contribution in [1.82, 2.24) is 0 Å². The van der Waals surface area contributed by atoms with Crippen LogP contribution in [0.5, 0.6) is 0 Å². The van der Waals surface area contributed by atoms with Gasteiger partial charge in [0.2, 0.25) is 0 Å². The molecule has 0 saturated carbocycles. The van der Waals surface area contributed by atoms with E-state index in [0.29, 0.717) is 0 Å². The van der Waals surface area contributed by atoms with E-state index in [-0.39, 0.29) is 0 Å². The van der Waals surface area contributed by atoms with Gasteiger partial charge in [-0.2, -0.15) is 0 Å². The molecule has 212 valence electrons. The van der Waals surface area contributed by atoms with Crippen LogP contribution < -0.4 is 4.90 Å². The number of nitrogens with zero attached hydrogens (tertiary/aromatic N) is 1. The van der Waals surface area contributed by atoms with E-state index in [4.69, 9.17) is 4.42 Å². The molecule has 0 fully saturated rings. The van der Waals surface area contributed by atoms with Gasteiger partial charge in [-0.15, -0.1) is 11.3 Å². The van der Waals surface area contributed by atoms with Crippen LogP contribution in [0.2, 0.25) is 0 Å². The highest BCUT2D eigenvalue weighted by molar-refractivity contribution is 7.27. The number of hydrogen-bond donors (Lipinski definition) is 0. The van der Waals surface area contributed by atoms with Crippen LogP contribution in [0.25, 0.3) is 64.4 Å². The number of rotatable bonds is 5. The average molecular weight is 594 g/mol. The largest absolute Gasteiger partial charge is 0.456 e. The van der Waals surface area contributed by atoms with E-state index in [0.717, 1.165) is 33.6 Å². The standard InChI is InChI=1S/C42H27NOS/c1-3-11-28(12-4-1)29-19-21-30(22-20-29)31-23-25-33(26-24-31)43(32-13-5-2-6-14-32)36-27-38-41(34-15-7-9-17-37(34)44-38)42-40(36)35-16-8-10-18-39(35)45-42/h1-27H. The molecular formula is C42H27NOS. The minimum absolute atomic E-state index is 0.904. The topological polar surface area (TPSA) is 16.4 Å². The molecule has 7 aromatic carbocycles. The SMILES string of the molecule is c1ccc(-c2ccc(-c3ccc(N(c4ccccc4)c4cc5oc6ccccc6c5c5sc6ccccc6c45)cc3)cc2)cc1. The molecule has 3 heteroatoms. The van der Waals surface area contributed by atoms with Crippen LogP contribution in [0, 0.1) is 0 Å².